The van der Waals surface area contributed by atoms with Crippen LogP contribution in [0.5, 0.6) is 0 Å². The zero-order chi connectivity index (χ0) is 14.2. The van der Waals surface area contributed by atoms with E-state index in [1.165, 1.54) is 5.56 Å². The summed E-state index contributed by atoms with van der Waals surface area (Å²) in [6.45, 7) is 2.19. The van der Waals surface area contributed by atoms with Gasteiger partial charge in [-0.3, -0.25) is 4.79 Å². The lowest BCUT2D eigenvalue weighted by atomic mass is 10.1. The number of ether oxygens (including phenoxy) is 2. The molecule has 1 saturated heterocycles. The highest BCUT2D eigenvalue weighted by Gasteiger charge is 2.18. The van der Waals surface area contributed by atoms with Crippen LogP contribution in [0.25, 0.3) is 0 Å². The van der Waals surface area contributed by atoms with E-state index in [9.17, 15) is 4.79 Å². The van der Waals surface area contributed by atoms with Gasteiger partial charge in [-0.15, -0.1) is 0 Å². The molecule has 1 aliphatic heterocycles. The molecule has 1 amide bonds. The molecule has 0 aliphatic carbocycles. The number of aryl methyl sites for hydroxylation is 1. The summed E-state index contributed by atoms with van der Waals surface area (Å²) in [6.07, 6.45) is 1.38. The largest absolute Gasteiger partial charge is 0.376 e. The summed E-state index contributed by atoms with van der Waals surface area (Å²) in [6, 6.07) is 9.54. The minimum atomic E-state index is -0.486. The molecule has 0 saturated carbocycles. The van der Waals surface area contributed by atoms with Crippen LogP contribution in [0.4, 0.5) is 0 Å². The Kier molecular flexibility index (Phi) is 5.98. The molecule has 20 heavy (non-hydrogen) atoms. The summed E-state index contributed by atoms with van der Waals surface area (Å²) in [7, 11) is 0. The van der Waals surface area contributed by atoms with Crippen LogP contribution >= 0.6 is 0 Å². The normalized spacial score (nSPS) is 20.4. The van der Waals surface area contributed by atoms with Gasteiger partial charge >= 0.3 is 0 Å². The number of hydrogen-bond donors (Lipinski definition) is 2. The number of carbonyl (C=O) groups is 1. The predicted molar refractivity (Wildman–Crippen MR) is 76.3 cm³/mol. The van der Waals surface area contributed by atoms with Gasteiger partial charge in [-0.2, -0.15) is 0 Å². The lowest BCUT2D eigenvalue weighted by Gasteiger charge is -2.23. The molecular weight excluding hydrogens is 256 g/mol. The molecular formula is C15H22N2O3. The molecule has 0 aromatic heterocycles. The van der Waals surface area contributed by atoms with E-state index in [1.54, 1.807) is 0 Å². The fourth-order valence-electron chi connectivity index (χ4n) is 2.10. The highest BCUT2D eigenvalue weighted by molar-refractivity contribution is 5.81. The summed E-state index contributed by atoms with van der Waals surface area (Å²) >= 11 is 0. The van der Waals surface area contributed by atoms with E-state index in [0.717, 1.165) is 6.42 Å². The van der Waals surface area contributed by atoms with Crippen molar-refractivity contribution in [2.24, 2.45) is 5.73 Å². The minimum Gasteiger partial charge on any atom is -0.376 e. The van der Waals surface area contributed by atoms with Crippen LogP contribution in [0.2, 0.25) is 0 Å². The number of carbonyl (C=O) groups excluding carboxylic acids is 1. The summed E-state index contributed by atoms with van der Waals surface area (Å²) in [5.41, 5.74) is 7.09. The van der Waals surface area contributed by atoms with Gasteiger partial charge in [0.05, 0.1) is 32.0 Å². The first-order valence-corrected chi connectivity index (χ1v) is 7.02. The van der Waals surface area contributed by atoms with Crippen molar-refractivity contribution in [2.45, 2.75) is 25.0 Å². The average Bonchev–Trinajstić information content (AvgIpc) is 2.52. The highest BCUT2D eigenvalue weighted by Crippen LogP contribution is 2.04. The van der Waals surface area contributed by atoms with Gasteiger partial charge < -0.3 is 20.5 Å². The summed E-state index contributed by atoms with van der Waals surface area (Å²) in [5.74, 6) is -0.130. The molecule has 5 heteroatoms. The molecule has 110 valence electrons. The summed E-state index contributed by atoms with van der Waals surface area (Å²) in [4.78, 5) is 11.9. The predicted octanol–water partition coefficient (Wildman–Crippen LogP) is 0.478. The smallest absolute Gasteiger partial charge is 0.237 e. The van der Waals surface area contributed by atoms with Crippen molar-refractivity contribution in [2.75, 3.05) is 26.4 Å². The number of amides is 1. The number of hydrogen-bond acceptors (Lipinski definition) is 4. The maximum atomic E-state index is 11.9. The van der Waals surface area contributed by atoms with Gasteiger partial charge in [0.15, 0.2) is 0 Å². The van der Waals surface area contributed by atoms with Gasteiger partial charge in [-0.1, -0.05) is 30.3 Å². The van der Waals surface area contributed by atoms with Crippen molar-refractivity contribution >= 4 is 5.91 Å². The first-order chi connectivity index (χ1) is 9.75. The van der Waals surface area contributed by atoms with Crippen LogP contribution in [-0.2, 0) is 20.7 Å². The van der Waals surface area contributed by atoms with Crippen molar-refractivity contribution in [3.63, 3.8) is 0 Å². The van der Waals surface area contributed by atoms with E-state index in [0.29, 0.717) is 32.8 Å². The first-order valence-electron chi connectivity index (χ1n) is 7.02. The molecule has 1 aliphatic rings. The molecule has 1 fully saturated rings. The Morgan fingerprint density at radius 3 is 2.85 bits per heavy atom. The molecule has 0 radical (unpaired) electrons. The van der Waals surface area contributed by atoms with Gasteiger partial charge in [0.2, 0.25) is 5.91 Å². The Morgan fingerprint density at radius 1 is 1.35 bits per heavy atom. The van der Waals surface area contributed by atoms with Crippen molar-refractivity contribution < 1.29 is 14.3 Å². The van der Waals surface area contributed by atoms with E-state index in [4.69, 9.17) is 15.2 Å². The zero-order valence-corrected chi connectivity index (χ0v) is 11.6. The molecule has 0 bridgehead atoms. The monoisotopic (exact) mass is 278 g/mol. The van der Waals surface area contributed by atoms with Crippen LogP contribution in [0.3, 0.4) is 0 Å². The lowest BCUT2D eigenvalue weighted by Crippen LogP contribution is -2.46. The van der Waals surface area contributed by atoms with Gasteiger partial charge in [0.25, 0.3) is 0 Å². The van der Waals surface area contributed by atoms with Crippen LogP contribution in [0, 0.1) is 0 Å². The number of rotatable bonds is 6. The molecule has 5 nitrogen and oxygen atoms in total. The third kappa shape index (κ3) is 4.92. The molecule has 2 unspecified atom stereocenters. The number of nitrogens with one attached hydrogen (secondary N) is 1. The molecule has 2 rings (SSSR count). The van der Waals surface area contributed by atoms with E-state index in [-0.39, 0.29) is 12.0 Å². The van der Waals surface area contributed by atoms with Crippen molar-refractivity contribution in [1.29, 1.82) is 0 Å². The average molecular weight is 278 g/mol. The van der Waals surface area contributed by atoms with Crippen LogP contribution < -0.4 is 11.1 Å². The van der Waals surface area contributed by atoms with Gasteiger partial charge in [0, 0.05) is 6.54 Å². The van der Waals surface area contributed by atoms with Gasteiger partial charge in [-0.25, -0.2) is 0 Å². The Bertz CT molecular complexity index is 405. The Hall–Kier alpha value is -1.43. The molecule has 1 aromatic carbocycles. The van der Waals surface area contributed by atoms with Crippen LogP contribution in [0.1, 0.15) is 12.0 Å². The second-order valence-electron chi connectivity index (χ2n) is 4.94. The first kappa shape index (κ1) is 15.0. The van der Waals surface area contributed by atoms with E-state index in [1.807, 2.05) is 30.3 Å². The number of nitrogens with two attached hydrogens (primary N) is 1. The van der Waals surface area contributed by atoms with Crippen molar-refractivity contribution in [3.05, 3.63) is 35.9 Å². The third-order valence-electron chi connectivity index (χ3n) is 3.31. The molecule has 2 atom stereocenters. The minimum absolute atomic E-state index is 0.0611. The third-order valence-corrected chi connectivity index (χ3v) is 3.31. The molecule has 3 N–H and O–H groups in total. The molecule has 1 heterocycles. The highest BCUT2D eigenvalue weighted by atomic mass is 16.6. The fourth-order valence-corrected chi connectivity index (χ4v) is 2.10. The van der Waals surface area contributed by atoms with E-state index in [2.05, 4.69) is 5.32 Å². The van der Waals surface area contributed by atoms with E-state index >= 15 is 0 Å². The second-order valence-corrected chi connectivity index (χ2v) is 4.94. The quantitative estimate of drug-likeness (QED) is 0.793. The number of benzene rings is 1. The topological polar surface area (TPSA) is 73.6 Å². The maximum Gasteiger partial charge on any atom is 0.237 e. The summed E-state index contributed by atoms with van der Waals surface area (Å²) < 4.78 is 10.7. The zero-order valence-electron chi connectivity index (χ0n) is 11.6. The second kappa shape index (κ2) is 7.99. The van der Waals surface area contributed by atoms with Crippen molar-refractivity contribution in [3.8, 4) is 0 Å². The maximum absolute atomic E-state index is 11.9. The van der Waals surface area contributed by atoms with Crippen LogP contribution in [0.15, 0.2) is 30.3 Å². The Morgan fingerprint density at radius 2 is 2.15 bits per heavy atom. The van der Waals surface area contributed by atoms with Gasteiger partial charge in [0.1, 0.15) is 0 Å². The van der Waals surface area contributed by atoms with E-state index < -0.39 is 6.04 Å². The standard InChI is InChI=1S/C15H22N2O3/c16-14(7-6-12-4-2-1-3-5-12)15(18)17-10-13-11-19-8-9-20-13/h1-5,13-14H,6-11,16H2,(H,17,18). The van der Waals surface area contributed by atoms with Crippen molar-refractivity contribution in [1.82, 2.24) is 5.32 Å². The Labute approximate surface area is 119 Å². The molecule has 0 spiro atoms. The molecule has 1 aromatic rings. The summed E-state index contributed by atoms with van der Waals surface area (Å²) in [5, 5.41) is 2.82. The SMILES string of the molecule is NC(CCc1ccccc1)C(=O)NCC1COCCO1. The lowest BCUT2D eigenvalue weighted by molar-refractivity contribution is -0.125. The fraction of sp³-hybridized carbons (Fsp3) is 0.533. The Balaban J connectivity index is 1.66. The van der Waals surface area contributed by atoms with Crippen LogP contribution in [-0.4, -0.2) is 44.4 Å². The van der Waals surface area contributed by atoms with Gasteiger partial charge in [-0.05, 0) is 18.4 Å².